The Hall–Kier alpha value is -0.600. The molecule has 0 aliphatic heterocycles. The summed E-state index contributed by atoms with van der Waals surface area (Å²) in [6, 6.07) is 0. The van der Waals surface area contributed by atoms with Gasteiger partial charge < -0.3 is 5.11 Å². The Kier molecular flexibility index (Phi) is 22.1. The highest BCUT2D eigenvalue weighted by Crippen LogP contribution is 1.94. The topological polar surface area (TPSA) is 20.2 Å². The second-order valence-corrected chi connectivity index (χ2v) is 3.82. The molecule has 1 nitrogen and oxygen atoms in total. The average molecular weight is 287 g/mol. The van der Waals surface area contributed by atoms with Gasteiger partial charge >= 0.3 is 0 Å². The number of aliphatic hydroxyl groups excluding tert-OH is 1. The van der Waals surface area contributed by atoms with Crippen molar-refractivity contribution in [2.24, 2.45) is 0 Å². The second kappa shape index (κ2) is 19.9. The molecule has 2 heteroatoms. The van der Waals surface area contributed by atoms with Crippen molar-refractivity contribution in [3.05, 3.63) is 49.6 Å². The van der Waals surface area contributed by atoms with E-state index in [9.17, 15) is 0 Å². The summed E-state index contributed by atoms with van der Waals surface area (Å²) >= 11 is 3.34. The van der Waals surface area contributed by atoms with Crippen molar-refractivity contribution in [2.45, 2.75) is 25.7 Å². The summed E-state index contributed by atoms with van der Waals surface area (Å²) in [5, 5.41) is 9.40. The summed E-state index contributed by atoms with van der Waals surface area (Å²) < 4.78 is 0. The zero-order chi connectivity index (χ0) is 12.5. The molecule has 0 aliphatic carbocycles. The van der Waals surface area contributed by atoms with Crippen molar-refractivity contribution in [3.63, 3.8) is 0 Å². The third-order valence-electron chi connectivity index (χ3n) is 1.58. The smallest absolute Gasteiger partial charge is 0.0433 e. The lowest BCUT2D eigenvalue weighted by atomic mass is 10.3. The minimum absolute atomic E-state index is 0.279. The molecule has 0 amide bonds. The van der Waals surface area contributed by atoms with E-state index < -0.39 is 0 Å². The number of rotatable bonds is 8. The van der Waals surface area contributed by atoms with Crippen molar-refractivity contribution < 1.29 is 5.11 Å². The maximum atomic E-state index is 8.31. The maximum absolute atomic E-state index is 8.31. The Bertz CT molecular complexity index is 173. The number of hydrogen-bond acceptors (Lipinski definition) is 1. The van der Waals surface area contributed by atoms with Gasteiger partial charge in [-0.3, -0.25) is 0 Å². The number of allylic oxidation sites excluding steroid dienone is 6. The number of unbranched alkanes of at least 4 members (excludes halogenated alkanes) is 2. The molecule has 0 radical (unpaired) electrons. The van der Waals surface area contributed by atoms with Gasteiger partial charge in [-0.1, -0.05) is 65.5 Å². The summed E-state index contributed by atoms with van der Waals surface area (Å²) in [6.07, 6.45) is 15.7. The van der Waals surface area contributed by atoms with Crippen molar-refractivity contribution >= 4 is 15.9 Å². The van der Waals surface area contributed by atoms with Crippen molar-refractivity contribution in [3.8, 4) is 0 Å². The monoisotopic (exact) mass is 286 g/mol. The van der Waals surface area contributed by atoms with Crippen LogP contribution < -0.4 is 0 Å². The Morgan fingerprint density at radius 1 is 0.938 bits per heavy atom. The highest BCUT2D eigenvalue weighted by molar-refractivity contribution is 9.09. The molecule has 0 rings (SSSR count). The van der Waals surface area contributed by atoms with E-state index >= 15 is 0 Å². The molecular weight excluding hydrogens is 264 g/mol. The fraction of sp³-hybridized carbons (Fsp3) is 0.429. The van der Waals surface area contributed by atoms with E-state index in [0.29, 0.717) is 0 Å². The molecule has 0 aromatic carbocycles. The van der Waals surface area contributed by atoms with E-state index in [-0.39, 0.29) is 6.61 Å². The first-order valence-corrected chi connectivity index (χ1v) is 6.67. The van der Waals surface area contributed by atoms with Gasteiger partial charge in [-0.05, 0) is 25.7 Å². The fourth-order valence-electron chi connectivity index (χ4n) is 0.789. The van der Waals surface area contributed by atoms with Gasteiger partial charge in [0, 0.05) is 11.9 Å². The lowest BCUT2D eigenvalue weighted by Gasteiger charge is -1.84. The first kappa shape index (κ1) is 17.8. The predicted octanol–water partition coefficient (Wildman–Crippen LogP) is 4.40. The second-order valence-electron chi connectivity index (χ2n) is 3.02. The van der Waals surface area contributed by atoms with Crippen LogP contribution in [-0.2, 0) is 0 Å². The van der Waals surface area contributed by atoms with E-state index in [0.717, 1.165) is 24.6 Å². The molecule has 0 heterocycles. The van der Waals surface area contributed by atoms with Crippen LogP contribution in [0, 0.1) is 0 Å². The van der Waals surface area contributed by atoms with Crippen molar-refractivity contribution in [2.75, 3.05) is 11.9 Å². The SMILES string of the molecule is C=C/C=C/CCCBr.C=C/C=C/CCCO. The minimum atomic E-state index is 0.279. The van der Waals surface area contributed by atoms with Gasteiger partial charge in [0.05, 0.1) is 0 Å². The molecule has 0 unspecified atom stereocenters. The zero-order valence-corrected chi connectivity index (χ0v) is 11.5. The number of alkyl halides is 1. The summed E-state index contributed by atoms with van der Waals surface area (Å²) in [7, 11) is 0. The van der Waals surface area contributed by atoms with Crippen LogP contribution in [0.15, 0.2) is 49.6 Å². The molecule has 0 aliphatic rings. The molecule has 16 heavy (non-hydrogen) atoms. The van der Waals surface area contributed by atoms with Crippen LogP contribution in [0.2, 0.25) is 0 Å². The fourth-order valence-corrected chi connectivity index (χ4v) is 1.11. The van der Waals surface area contributed by atoms with Gasteiger partial charge in [-0.25, -0.2) is 0 Å². The molecule has 1 N–H and O–H groups in total. The lowest BCUT2D eigenvalue weighted by Crippen LogP contribution is -1.77. The van der Waals surface area contributed by atoms with Crippen LogP contribution in [0.4, 0.5) is 0 Å². The Morgan fingerprint density at radius 3 is 1.81 bits per heavy atom. The zero-order valence-electron chi connectivity index (χ0n) is 9.95. The standard InChI is InChI=1S/C7H11Br.C7H12O/c2*1-2-3-4-5-6-7-8/h2-4H,1,5-7H2;2-4,8H,1,5-7H2/b2*4-3+. The van der Waals surface area contributed by atoms with Crippen LogP contribution in [0.25, 0.3) is 0 Å². The first-order chi connectivity index (χ1) is 7.83. The molecule has 0 fully saturated rings. The molecule has 0 bridgehead atoms. The Morgan fingerprint density at radius 2 is 1.44 bits per heavy atom. The van der Waals surface area contributed by atoms with Gasteiger partial charge in [0.15, 0.2) is 0 Å². The Labute approximate surface area is 108 Å². The molecule has 0 spiro atoms. The molecule has 0 aromatic heterocycles. The van der Waals surface area contributed by atoms with E-state index in [1.165, 1.54) is 6.42 Å². The quantitative estimate of drug-likeness (QED) is 0.398. The molecule has 0 saturated heterocycles. The summed E-state index contributed by atoms with van der Waals surface area (Å²) in [4.78, 5) is 0. The van der Waals surface area contributed by atoms with Crippen LogP contribution >= 0.6 is 15.9 Å². The van der Waals surface area contributed by atoms with Crippen LogP contribution in [0.5, 0.6) is 0 Å². The highest BCUT2D eigenvalue weighted by Gasteiger charge is 1.75. The molecule has 92 valence electrons. The van der Waals surface area contributed by atoms with Crippen LogP contribution in [-0.4, -0.2) is 17.0 Å². The van der Waals surface area contributed by atoms with Gasteiger partial charge in [-0.2, -0.15) is 0 Å². The van der Waals surface area contributed by atoms with Gasteiger partial charge in [0.2, 0.25) is 0 Å². The maximum Gasteiger partial charge on any atom is 0.0433 e. The third-order valence-corrected chi connectivity index (χ3v) is 2.14. The van der Waals surface area contributed by atoms with Gasteiger partial charge in [-0.15, -0.1) is 0 Å². The minimum Gasteiger partial charge on any atom is -0.396 e. The van der Waals surface area contributed by atoms with Crippen molar-refractivity contribution in [1.29, 1.82) is 0 Å². The van der Waals surface area contributed by atoms with E-state index in [1.807, 2.05) is 18.2 Å². The summed E-state index contributed by atoms with van der Waals surface area (Å²) in [5.41, 5.74) is 0. The number of aliphatic hydroxyl groups is 1. The molecule has 0 saturated carbocycles. The van der Waals surface area contributed by atoms with E-state index in [1.54, 1.807) is 12.2 Å². The Balaban J connectivity index is 0. The third kappa shape index (κ3) is 23.3. The molecular formula is C14H23BrO. The van der Waals surface area contributed by atoms with E-state index in [2.05, 4.69) is 35.2 Å². The number of halogens is 1. The highest BCUT2D eigenvalue weighted by atomic mass is 79.9. The van der Waals surface area contributed by atoms with Gasteiger partial charge in [0.1, 0.15) is 0 Å². The first-order valence-electron chi connectivity index (χ1n) is 5.55. The van der Waals surface area contributed by atoms with E-state index in [4.69, 9.17) is 5.11 Å². The lowest BCUT2D eigenvalue weighted by molar-refractivity contribution is 0.289. The number of hydrogen-bond donors (Lipinski definition) is 1. The van der Waals surface area contributed by atoms with Crippen LogP contribution in [0.3, 0.4) is 0 Å². The summed E-state index contributed by atoms with van der Waals surface area (Å²) in [5.74, 6) is 0. The van der Waals surface area contributed by atoms with Gasteiger partial charge in [0.25, 0.3) is 0 Å². The van der Waals surface area contributed by atoms with Crippen LogP contribution in [0.1, 0.15) is 25.7 Å². The largest absolute Gasteiger partial charge is 0.396 e. The molecule has 0 atom stereocenters. The average Bonchev–Trinajstić information content (AvgIpc) is 2.31. The molecule has 0 aromatic rings. The summed E-state index contributed by atoms with van der Waals surface area (Å²) in [6.45, 7) is 7.35. The predicted molar refractivity (Wildman–Crippen MR) is 78.0 cm³/mol. The van der Waals surface area contributed by atoms with Crippen molar-refractivity contribution in [1.82, 2.24) is 0 Å². The normalized spacial score (nSPS) is 10.1.